The molecule has 0 aliphatic rings. The molecule has 0 fully saturated rings. The van der Waals surface area contributed by atoms with Gasteiger partial charge < -0.3 is 9.64 Å². The fourth-order valence-electron chi connectivity index (χ4n) is 3.19. The number of hydrogen-bond donors (Lipinski definition) is 0. The molecule has 0 bridgehead atoms. The second-order valence-electron chi connectivity index (χ2n) is 7.51. The van der Waals surface area contributed by atoms with Gasteiger partial charge in [0.05, 0.1) is 11.1 Å². The Labute approximate surface area is 191 Å². The van der Waals surface area contributed by atoms with E-state index in [1.807, 2.05) is 37.3 Å². The Morgan fingerprint density at radius 1 is 1.29 bits per heavy atom. The first-order valence-corrected chi connectivity index (χ1v) is 12.2. The summed E-state index contributed by atoms with van der Waals surface area (Å²) in [6, 6.07) is 10.1. The number of nitrogens with zero attached hydrogens (tertiary/aromatic N) is 3. The molecular weight excluding hydrogens is 430 g/mol. The highest BCUT2D eigenvalue weighted by Crippen LogP contribution is 2.25. The van der Waals surface area contributed by atoms with E-state index < -0.39 is 0 Å². The maximum Gasteiger partial charge on any atom is 0.262 e. The van der Waals surface area contributed by atoms with Gasteiger partial charge in [-0.2, -0.15) is 0 Å². The molecule has 1 amide bonds. The van der Waals surface area contributed by atoms with Crippen molar-refractivity contribution in [3.8, 4) is 0 Å². The normalized spacial score (nSPS) is 11.2. The number of aromatic nitrogens is 2. The molecule has 0 aliphatic heterocycles. The van der Waals surface area contributed by atoms with E-state index in [0.717, 1.165) is 21.7 Å². The van der Waals surface area contributed by atoms with Crippen LogP contribution in [-0.4, -0.2) is 46.9 Å². The van der Waals surface area contributed by atoms with E-state index in [-0.39, 0.29) is 17.2 Å². The van der Waals surface area contributed by atoms with Gasteiger partial charge in [-0.25, -0.2) is 4.98 Å². The van der Waals surface area contributed by atoms with Crippen molar-refractivity contribution in [2.45, 2.75) is 44.9 Å². The lowest BCUT2D eigenvalue weighted by Gasteiger charge is -2.18. The smallest absolute Gasteiger partial charge is 0.262 e. The van der Waals surface area contributed by atoms with Gasteiger partial charge in [-0.05, 0) is 31.4 Å². The van der Waals surface area contributed by atoms with Crippen LogP contribution in [0, 0.1) is 6.92 Å². The van der Waals surface area contributed by atoms with E-state index in [4.69, 9.17) is 9.72 Å². The topological polar surface area (TPSA) is 64.4 Å². The second-order valence-corrected chi connectivity index (χ2v) is 9.56. The van der Waals surface area contributed by atoms with Crippen LogP contribution in [0.5, 0.6) is 0 Å². The molecule has 0 saturated carbocycles. The average molecular weight is 460 g/mol. The van der Waals surface area contributed by atoms with Crippen LogP contribution < -0.4 is 5.56 Å². The Kier molecular flexibility index (Phi) is 8.28. The van der Waals surface area contributed by atoms with Crippen molar-refractivity contribution in [1.82, 2.24) is 14.5 Å². The summed E-state index contributed by atoms with van der Waals surface area (Å²) in [5.74, 6) is 0.236. The zero-order valence-electron chi connectivity index (χ0n) is 18.5. The summed E-state index contributed by atoms with van der Waals surface area (Å²) in [6.45, 7) is 5.75. The summed E-state index contributed by atoms with van der Waals surface area (Å²) in [5.41, 5.74) is 2.24. The van der Waals surface area contributed by atoms with Gasteiger partial charge >= 0.3 is 0 Å². The van der Waals surface area contributed by atoms with E-state index in [2.05, 4.69) is 6.92 Å². The number of thiophene rings is 1. The van der Waals surface area contributed by atoms with Crippen LogP contribution in [-0.2, 0) is 29.0 Å². The van der Waals surface area contributed by atoms with E-state index in [1.54, 1.807) is 35.0 Å². The molecule has 0 saturated heterocycles. The number of methoxy groups -OCH3 is 1. The summed E-state index contributed by atoms with van der Waals surface area (Å²) in [5, 5.41) is 1.25. The highest BCUT2D eigenvalue weighted by atomic mass is 32.2. The van der Waals surface area contributed by atoms with E-state index in [9.17, 15) is 9.59 Å². The average Bonchev–Trinajstić information content (AvgIpc) is 3.19. The van der Waals surface area contributed by atoms with Gasteiger partial charge in [0.1, 0.15) is 4.83 Å². The quantitative estimate of drug-likeness (QED) is 0.259. The number of ether oxygens (including phenoxy) is 1. The monoisotopic (exact) mass is 459 g/mol. The lowest BCUT2D eigenvalue weighted by atomic mass is 10.1. The molecule has 166 valence electrons. The maximum atomic E-state index is 13.1. The van der Waals surface area contributed by atoms with Crippen LogP contribution in [0.3, 0.4) is 0 Å². The van der Waals surface area contributed by atoms with Gasteiger partial charge in [0.2, 0.25) is 5.91 Å². The van der Waals surface area contributed by atoms with E-state index in [1.165, 1.54) is 17.3 Å². The third-order valence-electron chi connectivity index (χ3n) is 5.04. The molecule has 0 unspecified atom stereocenters. The van der Waals surface area contributed by atoms with Crippen LogP contribution in [0.25, 0.3) is 10.2 Å². The summed E-state index contributed by atoms with van der Waals surface area (Å²) in [4.78, 5) is 34.2. The molecule has 0 spiro atoms. The number of aryl methyl sites for hydroxylation is 2. The number of carbonyl (C=O) groups is 1. The highest BCUT2D eigenvalue weighted by molar-refractivity contribution is 7.99. The molecule has 31 heavy (non-hydrogen) atoms. The Balaban J connectivity index is 1.76. The summed E-state index contributed by atoms with van der Waals surface area (Å²) in [7, 11) is 3.45. The van der Waals surface area contributed by atoms with Crippen LogP contribution in [0.1, 0.15) is 29.3 Å². The molecule has 0 atom stereocenters. The largest absolute Gasteiger partial charge is 0.385 e. The molecule has 3 rings (SSSR count). The first-order valence-electron chi connectivity index (χ1n) is 10.4. The standard InChI is InChI=1S/C23H29N3O3S2/c1-5-18-13-19-21(31-18)24-23(26(22(19)28)11-6-12-29-4)30-15-20(27)25(3)14-17-9-7-16(2)8-10-17/h7-10,13H,5-6,11-12,14-15H2,1-4H3. The van der Waals surface area contributed by atoms with Gasteiger partial charge in [-0.3, -0.25) is 14.2 Å². The third kappa shape index (κ3) is 5.96. The summed E-state index contributed by atoms with van der Waals surface area (Å²) >= 11 is 2.88. The van der Waals surface area contributed by atoms with Crippen molar-refractivity contribution in [2.75, 3.05) is 26.5 Å². The Hall–Kier alpha value is -2.16. The molecule has 2 aromatic heterocycles. The Morgan fingerprint density at radius 2 is 2.03 bits per heavy atom. The predicted molar refractivity (Wildman–Crippen MR) is 128 cm³/mol. The molecule has 0 aliphatic carbocycles. The Bertz CT molecular complexity index is 1090. The van der Waals surface area contributed by atoms with E-state index >= 15 is 0 Å². The zero-order chi connectivity index (χ0) is 22.4. The second kappa shape index (κ2) is 10.9. The lowest BCUT2D eigenvalue weighted by Crippen LogP contribution is -2.29. The minimum absolute atomic E-state index is 0.00351. The van der Waals surface area contributed by atoms with Gasteiger partial charge in [0, 0.05) is 38.7 Å². The minimum Gasteiger partial charge on any atom is -0.385 e. The lowest BCUT2D eigenvalue weighted by molar-refractivity contribution is -0.127. The molecule has 0 radical (unpaired) electrons. The van der Waals surface area contributed by atoms with Gasteiger partial charge in [0.25, 0.3) is 5.56 Å². The van der Waals surface area contributed by atoms with Gasteiger partial charge in [-0.1, -0.05) is 48.5 Å². The Morgan fingerprint density at radius 3 is 2.71 bits per heavy atom. The van der Waals surface area contributed by atoms with Crippen molar-refractivity contribution in [3.63, 3.8) is 0 Å². The first kappa shape index (κ1) is 23.5. The van der Waals surface area contributed by atoms with Crippen molar-refractivity contribution in [2.24, 2.45) is 0 Å². The molecule has 1 aromatic carbocycles. The number of thioether (sulfide) groups is 1. The van der Waals surface area contributed by atoms with Gasteiger partial charge in [-0.15, -0.1) is 11.3 Å². The SMILES string of the molecule is CCc1cc2c(=O)n(CCCOC)c(SCC(=O)N(C)Cc3ccc(C)cc3)nc2s1. The van der Waals surface area contributed by atoms with Crippen LogP contribution in [0.4, 0.5) is 0 Å². The molecular formula is C23H29N3O3S2. The van der Waals surface area contributed by atoms with Crippen molar-refractivity contribution in [1.29, 1.82) is 0 Å². The third-order valence-corrected chi connectivity index (χ3v) is 7.17. The van der Waals surface area contributed by atoms with Gasteiger partial charge in [0.15, 0.2) is 5.16 Å². The summed E-state index contributed by atoms with van der Waals surface area (Å²) in [6.07, 6.45) is 1.58. The zero-order valence-corrected chi connectivity index (χ0v) is 20.1. The number of hydrogen-bond acceptors (Lipinski definition) is 6. The molecule has 8 heteroatoms. The van der Waals surface area contributed by atoms with Crippen LogP contribution in [0.2, 0.25) is 0 Å². The number of fused-ring (bicyclic) bond motifs is 1. The highest BCUT2D eigenvalue weighted by Gasteiger charge is 2.17. The number of carbonyl (C=O) groups excluding carboxylic acids is 1. The van der Waals surface area contributed by atoms with Crippen molar-refractivity contribution >= 4 is 39.2 Å². The predicted octanol–water partition coefficient (Wildman–Crippen LogP) is 4.12. The number of amides is 1. The number of benzene rings is 1. The molecule has 3 aromatic rings. The molecule has 2 heterocycles. The van der Waals surface area contributed by atoms with Crippen LogP contribution in [0.15, 0.2) is 40.3 Å². The fraction of sp³-hybridized carbons (Fsp3) is 0.435. The van der Waals surface area contributed by atoms with Crippen LogP contribution >= 0.6 is 23.1 Å². The van der Waals surface area contributed by atoms with E-state index in [0.29, 0.717) is 36.7 Å². The first-order chi connectivity index (χ1) is 14.9. The maximum absolute atomic E-state index is 13.1. The molecule has 0 N–H and O–H groups in total. The molecule has 6 nitrogen and oxygen atoms in total. The van der Waals surface area contributed by atoms with Crippen molar-refractivity contribution < 1.29 is 9.53 Å². The minimum atomic E-state index is -0.0417. The fourth-order valence-corrected chi connectivity index (χ4v) is 5.16. The number of rotatable bonds is 10. The van der Waals surface area contributed by atoms with Crippen molar-refractivity contribution in [3.05, 3.63) is 56.7 Å². The summed E-state index contributed by atoms with van der Waals surface area (Å²) < 4.78 is 6.83.